The molecule has 0 unspecified atom stereocenters. The van der Waals surface area contributed by atoms with Crippen LogP contribution in [0.1, 0.15) is 5.56 Å². The van der Waals surface area contributed by atoms with Crippen molar-refractivity contribution >= 4 is 17.3 Å². The van der Waals surface area contributed by atoms with Crippen LogP contribution < -0.4 is 11.1 Å². The highest BCUT2D eigenvalue weighted by Gasteiger charge is 2.01. The lowest BCUT2D eigenvalue weighted by Crippen LogP contribution is -2.00. The monoisotopic (exact) mass is 211 g/mol. The average molecular weight is 211 g/mol. The molecule has 5 heteroatoms. The summed E-state index contributed by atoms with van der Waals surface area (Å²) in [5, 5.41) is 11.7. The molecule has 3 N–H and O–H groups in total. The molecular formula is C11H9N5. The van der Waals surface area contributed by atoms with Gasteiger partial charge in [-0.05, 0) is 18.2 Å². The van der Waals surface area contributed by atoms with E-state index in [2.05, 4.69) is 21.4 Å². The number of benzene rings is 1. The third-order valence-corrected chi connectivity index (χ3v) is 1.98. The Morgan fingerprint density at radius 2 is 2.06 bits per heavy atom. The molecule has 1 aromatic heterocycles. The van der Waals surface area contributed by atoms with Crippen molar-refractivity contribution in [2.45, 2.75) is 0 Å². The summed E-state index contributed by atoms with van der Waals surface area (Å²) in [4.78, 5) is 7.95. The summed E-state index contributed by atoms with van der Waals surface area (Å²) in [5.74, 6) is 0.808. The number of anilines is 3. The van der Waals surface area contributed by atoms with Gasteiger partial charge in [-0.25, -0.2) is 9.97 Å². The Morgan fingerprint density at radius 1 is 1.25 bits per heavy atom. The van der Waals surface area contributed by atoms with E-state index in [0.29, 0.717) is 17.2 Å². The lowest BCUT2D eigenvalue weighted by Gasteiger charge is -2.06. The zero-order valence-corrected chi connectivity index (χ0v) is 8.38. The molecule has 5 nitrogen and oxygen atoms in total. The lowest BCUT2D eigenvalue weighted by atomic mass is 10.2. The van der Waals surface area contributed by atoms with Crippen LogP contribution in [0.2, 0.25) is 0 Å². The Kier molecular flexibility index (Phi) is 2.65. The van der Waals surface area contributed by atoms with E-state index < -0.39 is 0 Å². The molecule has 0 aliphatic rings. The maximum atomic E-state index is 8.75. The van der Waals surface area contributed by atoms with Gasteiger partial charge in [0.2, 0.25) is 0 Å². The first-order valence-corrected chi connectivity index (χ1v) is 4.63. The molecule has 1 heterocycles. The smallest absolute Gasteiger partial charge is 0.173 e. The average Bonchev–Trinajstić information content (AvgIpc) is 2.32. The van der Waals surface area contributed by atoms with E-state index in [1.54, 1.807) is 24.4 Å². The predicted molar refractivity (Wildman–Crippen MR) is 60.9 cm³/mol. The number of nitrogens with one attached hydrogen (secondary N) is 1. The van der Waals surface area contributed by atoms with Gasteiger partial charge in [0.15, 0.2) is 11.6 Å². The SMILES string of the molecule is N#Cc1cccc(Nc2nccnc2N)c1. The molecular weight excluding hydrogens is 202 g/mol. The van der Waals surface area contributed by atoms with Gasteiger partial charge in [0, 0.05) is 18.1 Å². The maximum Gasteiger partial charge on any atom is 0.173 e. The van der Waals surface area contributed by atoms with Crippen LogP contribution in [-0.4, -0.2) is 9.97 Å². The fourth-order valence-corrected chi connectivity index (χ4v) is 1.25. The molecule has 0 aliphatic heterocycles. The summed E-state index contributed by atoms with van der Waals surface area (Å²) in [5.41, 5.74) is 6.97. The molecule has 2 aromatic rings. The van der Waals surface area contributed by atoms with Crippen LogP contribution in [0.15, 0.2) is 36.7 Å². The molecule has 0 bridgehead atoms. The summed E-state index contributed by atoms with van der Waals surface area (Å²) in [7, 11) is 0. The molecule has 0 atom stereocenters. The third kappa shape index (κ3) is 2.07. The lowest BCUT2D eigenvalue weighted by molar-refractivity contribution is 1.21. The quantitative estimate of drug-likeness (QED) is 0.788. The molecule has 0 amide bonds. The minimum Gasteiger partial charge on any atom is -0.381 e. The van der Waals surface area contributed by atoms with Gasteiger partial charge in [0.1, 0.15) is 0 Å². The summed E-state index contributed by atoms with van der Waals surface area (Å²) in [6.45, 7) is 0. The Morgan fingerprint density at radius 3 is 2.81 bits per heavy atom. The van der Waals surface area contributed by atoms with Crippen molar-refractivity contribution in [3.63, 3.8) is 0 Å². The summed E-state index contributed by atoms with van der Waals surface area (Å²) in [6, 6.07) is 9.12. The fraction of sp³-hybridized carbons (Fsp3) is 0. The zero-order chi connectivity index (χ0) is 11.4. The van der Waals surface area contributed by atoms with Crippen LogP contribution in [0.3, 0.4) is 0 Å². The molecule has 0 fully saturated rings. The Hall–Kier alpha value is -2.61. The summed E-state index contributed by atoms with van der Waals surface area (Å²) in [6.07, 6.45) is 3.07. The highest BCUT2D eigenvalue weighted by molar-refractivity contribution is 5.66. The van der Waals surface area contributed by atoms with Crippen LogP contribution >= 0.6 is 0 Å². The molecule has 2 rings (SSSR count). The standard InChI is InChI=1S/C11H9N5/c12-7-8-2-1-3-9(6-8)16-11-10(13)14-4-5-15-11/h1-6H,(H2,13,14)(H,15,16). The molecule has 0 saturated carbocycles. The van der Waals surface area contributed by atoms with Crippen LogP contribution in [0.5, 0.6) is 0 Å². The third-order valence-electron chi connectivity index (χ3n) is 1.98. The Balaban J connectivity index is 2.28. The maximum absolute atomic E-state index is 8.75. The van der Waals surface area contributed by atoms with Crippen molar-refractivity contribution in [2.75, 3.05) is 11.1 Å². The van der Waals surface area contributed by atoms with E-state index in [1.807, 2.05) is 6.07 Å². The second kappa shape index (κ2) is 4.28. The predicted octanol–water partition coefficient (Wildman–Crippen LogP) is 1.67. The molecule has 0 radical (unpaired) electrons. The number of hydrogen-bond acceptors (Lipinski definition) is 5. The van der Waals surface area contributed by atoms with E-state index in [-0.39, 0.29) is 0 Å². The molecule has 78 valence electrons. The molecule has 1 aromatic carbocycles. The number of aromatic nitrogens is 2. The minimum absolute atomic E-state index is 0.324. The first kappa shape index (κ1) is 9.93. The number of nitrogens with two attached hydrogens (primary N) is 1. The van der Waals surface area contributed by atoms with E-state index in [1.165, 1.54) is 6.20 Å². The van der Waals surface area contributed by atoms with E-state index >= 15 is 0 Å². The number of rotatable bonds is 2. The van der Waals surface area contributed by atoms with Crippen molar-refractivity contribution in [3.8, 4) is 6.07 Å². The Bertz CT molecular complexity index is 544. The summed E-state index contributed by atoms with van der Waals surface area (Å²) >= 11 is 0. The van der Waals surface area contributed by atoms with Gasteiger partial charge in [0.25, 0.3) is 0 Å². The van der Waals surface area contributed by atoms with Crippen LogP contribution in [0.4, 0.5) is 17.3 Å². The molecule has 0 spiro atoms. The second-order valence-corrected chi connectivity index (χ2v) is 3.11. The topological polar surface area (TPSA) is 87.6 Å². The summed E-state index contributed by atoms with van der Waals surface area (Å²) < 4.78 is 0. The van der Waals surface area contributed by atoms with Crippen molar-refractivity contribution in [1.82, 2.24) is 9.97 Å². The first-order chi connectivity index (χ1) is 7.79. The van der Waals surface area contributed by atoms with Crippen molar-refractivity contribution in [1.29, 1.82) is 5.26 Å². The van der Waals surface area contributed by atoms with E-state index in [0.717, 1.165) is 5.69 Å². The molecule has 0 saturated heterocycles. The van der Waals surface area contributed by atoms with Crippen LogP contribution in [0, 0.1) is 11.3 Å². The normalized spacial score (nSPS) is 9.44. The van der Waals surface area contributed by atoms with Gasteiger partial charge in [-0.1, -0.05) is 6.07 Å². The highest BCUT2D eigenvalue weighted by Crippen LogP contribution is 2.18. The van der Waals surface area contributed by atoms with E-state index in [4.69, 9.17) is 11.0 Å². The van der Waals surface area contributed by atoms with Gasteiger partial charge in [-0.15, -0.1) is 0 Å². The minimum atomic E-state index is 0.324. The van der Waals surface area contributed by atoms with Crippen molar-refractivity contribution in [3.05, 3.63) is 42.2 Å². The van der Waals surface area contributed by atoms with Crippen molar-refractivity contribution < 1.29 is 0 Å². The van der Waals surface area contributed by atoms with Gasteiger partial charge >= 0.3 is 0 Å². The van der Waals surface area contributed by atoms with Crippen LogP contribution in [-0.2, 0) is 0 Å². The van der Waals surface area contributed by atoms with Gasteiger partial charge < -0.3 is 11.1 Å². The Labute approximate surface area is 92.6 Å². The van der Waals surface area contributed by atoms with Crippen LogP contribution in [0.25, 0.3) is 0 Å². The van der Waals surface area contributed by atoms with E-state index in [9.17, 15) is 0 Å². The van der Waals surface area contributed by atoms with Gasteiger partial charge in [-0.3, -0.25) is 0 Å². The molecule has 16 heavy (non-hydrogen) atoms. The largest absolute Gasteiger partial charge is 0.381 e. The molecule has 0 aliphatic carbocycles. The number of nitrogens with zero attached hydrogens (tertiary/aromatic N) is 3. The fourth-order valence-electron chi connectivity index (χ4n) is 1.25. The number of nitriles is 1. The second-order valence-electron chi connectivity index (χ2n) is 3.11. The zero-order valence-electron chi connectivity index (χ0n) is 8.38. The van der Waals surface area contributed by atoms with Gasteiger partial charge in [0.05, 0.1) is 11.6 Å². The number of hydrogen-bond donors (Lipinski definition) is 2. The van der Waals surface area contributed by atoms with Gasteiger partial charge in [-0.2, -0.15) is 5.26 Å². The highest BCUT2D eigenvalue weighted by atomic mass is 15.0. The van der Waals surface area contributed by atoms with Crippen molar-refractivity contribution in [2.24, 2.45) is 0 Å². The number of nitrogen functional groups attached to an aromatic ring is 1. The first-order valence-electron chi connectivity index (χ1n) is 4.63.